The average Bonchev–Trinajstić information content (AvgIpc) is 1.41. The number of unbranched alkanes of at least 4 members (excludes halogenated alkanes) is 17. The van der Waals surface area contributed by atoms with Crippen molar-refractivity contribution in [1.82, 2.24) is 0 Å². The van der Waals surface area contributed by atoms with E-state index in [2.05, 4.69) is 131 Å². The topological polar surface area (TPSA) is 237 Å². The molecule has 0 aromatic heterocycles. The van der Waals surface area contributed by atoms with Crippen LogP contribution in [0.2, 0.25) is 0 Å². The third-order valence-corrected chi connectivity index (χ3v) is 16.2. The van der Waals surface area contributed by atoms with Crippen LogP contribution in [0.15, 0.2) is 146 Å². The number of hydrogen-bond donors (Lipinski definition) is 3. The van der Waals surface area contributed by atoms with Crippen molar-refractivity contribution >= 4 is 39.5 Å². The molecule has 17 nitrogen and oxygen atoms in total. The third kappa shape index (κ3) is 67.5. The molecule has 5 unspecified atom stereocenters. The van der Waals surface area contributed by atoms with Crippen molar-refractivity contribution in [2.24, 2.45) is 0 Å². The fourth-order valence-electron chi connectivity index (χ4n) is 8.89. The SMILES string of the molecule is CC/C=C\C/C=C\C/C=C\C/C=C\C/C=C\C/C=C\CCC(=O)OCC(COP(=O)(O)OCC(O)COP(=O)(O)OCC(COC(=O)CCCCCCC/C=C\CCCC)OC(=O)CCCCCCCCCCCCC)OC(=O)C/C=C\C/C=C\C/C=C\C/C=C\C/C=C\CC. The van der Waals surface area contributed by atoms with Gasteiger partial charge in [-0.15, -0.1) is 0 Å². The number of allylic oxidation sites excluding steroid dienone is 23. The number of rotatable bonds is 66. The lowest BCUT2D eigenvalue weighted by Gasteiger charge is -2.21. The summed E-state index contributed by atoms with van der Waals surface area (Å²) in [4.78, 5) is 72.5. The first-order valence-electron chi connectivity index (χ1n) is 36.1. The Hall–Kier alpha value is -5.06. The molecule has 0 aliphatic rings. The molecule has 0 aliphatic carbocycles. The van der Waals surface area contributed by atoms with Gasteiger partial charge in [-0.1, -0.05) is 270 Å². The van der Waals surface area contributed by atoms with Crippen LogP contribution in [-0.2, 0) is 65.4 Å². The number of carbonyl (C=O) groups excluding carboxylic acids is 4. The number of aliphatic hydroxyl groups excluding tert-OH is 1. The Morgan fingerprint density at radius 2 is 0.615 bits per heavy atom. The van der Waals surface area contributed by atoms with E-state index >= 15 is 0 Å². The second-order valence-electron chi connectivity index (χ2n) is 23.4. The summed E-state index contributed by atoms with van der Waals surface area (Å²) in [5, 5.41) is 10.6. The quantitative estimate of drug-likeness (QED) is 0.0169. The first-order chi connectivity index (χ1) is 46.7. The van der Waals surface area contributed by atoms with Crippen molar-refractivity contribution in [2.75, 3.05) is 39.6 Å². The summed E-state index contributed by atoms with van der Waals surface area (Å²) in [5.41, 5.74) is 0. The van der Waals surface area contributed by atoms with Crippen LogP contribution in [0.25, 0.3) is 0 Å². The molecule has 3 N–H and O–H groups in total. The molecule has 0 heterocycles. The minimum Gasteiger partial charge on any atom is -0.462 e. The highest BCUT2D eigenvalue weighted by atomic mass is 31.2. The average molecular weight is 1390 g/mol. The Kier molecular flexibility index (Phi) is 64.9. The molecule has 0 aromatic rings. The van der Waals surface area contributed by atoms with Gasteiger partial charge in [-0.2, -0.15) is 0 Å². The fraction of sp³-hybridized carbons (Fsp3) is 0.636. The van der Waals surface area contributed by atoms with E-state index in [0.29, 0.717) is 32.1 Å². The zero-order valence-electron chi connectivity index (χ0n) is 59.2. The number of aliphatic hydroxyl groups is 1. The summed E-state index contributed by atoms with van der Waals surface area (Å²) >= 11 is 0. The van der Waals surface area contributed by atoms with Gasteiger partial charge in [-0.3, -0.25) is 37.3 Å². The Morgan fingerprint density at radius 1 is 0.312 bits per heavy atom. The maximum absolute atomic E-state index is 13.0. The van der Waals surface area contributed by atoms with Crippen LogP contribution in [-0.4, -0.2) is 96.7 Å². The summed E-state index contributed by atoms with van der Waals surface area (Å²) in [6.45, 7) is 4.35. The van der Waals surface area contributed by atoms with Crippen LogP contribution >= 0.6 is 15.6 Å². The van der Waals surface area contributed by atoms with Crippen LogP contribution in [0, 0.1) is 0 Å². The normalized spacial score (nSPS) is 14.9. The van der Waals surface area contributed by atoms with E-state index in [9.17, 15) is 43.2 Å². The molecule has 0 saturated carbocycles. The highest BCUT2D eigenvalue weighted by Crippen LogP contribution is 2.45. The minimum absolute atomic E-state index is 0.0123. The monoisotopic (exact) mass is 1380 g/mol. The Labute approximate surface area is 579 Å². The van der Waals surface area contributed by atoms with Crippen LogP contribution in [0.3, 0.4) is 0 Å². The van der Waals surface area contributed by atoms with Gasteiger partial charge in [-0.05, 0) is 109 Å². The molecule has 0 saturated heterocycles. The molecule has 0 spiro atoms. The maximum atomic E-state index is 13.0. The molecule has 5 atom stereocenters. The molecule has 0 fully saturated rings. The van der Waals surface area contributed by atoms with Crippen LogP contribution in [0.4, 0.5) is 0 Å². The number of hydrogen-bond acceptors (Lipinski definition) is 15. The smallest absolute Gasteiger partial charge is 0.462 e. The second kappa shape index (κ2) is 68.5. The van der Waals surface area contributed by atoms with Crippen LogP contribution in [0.5, 0.6) is 0 Å². The summed E-state index contributed by atoms with van der Waals surface area (Å²) in [7, 11) is -10.00. The van der Waals surface area contributed by atoms with Gasteiger partial charge in [0.2, 0.25) is 0 Å². The number of esters is 4. The highest BCUT2D eigenvalue weighted by Gasteiger charge is 2.30. The number of phosphoric acid groups is 2. The van der Waals surface area contributed by atoms with E-state index in [0.717, 1.165) is 122 Å². The zero-order valence-corrected chi connectivity index (χ0v) is 61.0. The molecule has 0 radical (unpaired) electrons. The van der Waals surface area contributed by atoms with E-state index in [1.807, 2.05) is 30.4 Å². The molecule has 19 heteroatoms. The van der Waals surface area contributed by atoms with Crippen molar-refractivity contribution < 1.29 is 80.2 Å². The van der Waals surface area contributed by atoms with Crippen molar-refractivity contribution in [3.05, 3.63) is 146 Å². The number of carbonyl (C=O) groups is 4. The molecule has 0 aromatic carbocycles. The highest BCUT2D eigenvalue weighted by molar-refractivity contribution is 7.47. The van der Waals surface area contributed by atoms with Crippen molar-refractivity contribution in [3.63, 3.8) is 0 Å². The van der Waals surface area contributed by atoms with Gasteiger partial charge in [0.1, 0.15) is 19.3 Å². The summed E-state index contributed by atoms with van der Waals surface area (Å²) in [6.07, 6.45) is 76.3. The predicted octanol–water partition coefficient (Wildman–Crippen LogP) is 20.3. The van der Waals surface area contributed by atoms with E-state index in [4.69, 9.17) is 37.0 Å². The maximum Gasteiger partial charge on any atom is 0.472 e. The van der Waals surface area contributed by atoms with Crippen LogP contribution in [0.1, 0.15) is 259 Å². The fourth-order valence-corrected chi connectivity index (χ4v) is 10.5. The molecule has 0 amide bonds. The lowest BCUT2D eigenvalue weighted by atomic mass is 10.1. The van der Waals surface area contributed by atoms with Gasteiger partial charge < -0.3 is 33.8 Å². The predicted molar refractivity (Wildman–Crippen MR) is 390 cm³/mol. The Balaban J connectivity index is 5.47. The summed E-state index contributed by atoms with van der Waals surface area (Å²) in [6, 6.07) is 0. The third-order valence-electron chi connectivity index (χ3n) is 14.3. The van der Waals surface area contributed by atoms with Crippen molar-refractivity contribution in [3.8, 4) is 0 Å². The van der Waals surface area contributed by atoms with Gasteiger partial charge in [-0.25, -0.2) is 9.13 Å². The van der Waals surface area contributed by atoms with Crippen molar-refractivity contribution in [2.45, 2.75) is 277 Å². The molecule has 0 aliphatic heterocycles. The van der Waals surface area contributed by atoms with E-state index < -0.39 is 97.5 Å². The van der Waals surface area contributed by atoms with E-state index in [-0.39, 0.29) is 25.7 Å². The van der Waals surface area contributed by atoms with Gasteiger partial charge >= 0.3 is 39.5 Å². The molecular weight excluding hydrogens is 1260 g/mol. The zero-order chi connectivity index (χ0) is 70.4. The second-order valence-corrected chi connectivity index (χ2v) is 26.3. The lowest BCUT2D eigenvalue weighted by Crippen LogP contribution is -2.30. The van der Waals surface area contributed by atoms with Gasteiger partial charge in [0.15, 0.2) is 12.2 Å². The molecule has 96 heavy (non-hydrogen) atoms. The van der Waals surface area contributed by atoms with E-state index in [1.165, 1.54) is 51.4 Å². The van der Waals surface area contributed by atoms with Gasteiger partial charge in [0.05, 0.1) is 32.8 Å². The number of ether oxygens (including phenoxy) is 4. The minimum atomic E-state index is -5.02. The van der Waals surface area contributed by atoms with Gasteiger partial charge in [0.25, 0.3) is 0 Å². The standard InChI is InChI=1S/C77H126O17P2/c1-5-9-13-17-21-25-29-31-33-34-35-36-38-39-43-46-50-54-58-62-75(80)88-68-73(94-77(82)64-60-56-52-48-44-40-37-32-30-26-22-18-14-10-6-2)70-92-96(85,86)90-66-71(78)65-89-95(83,84)91-69-72(93-76(81)63-59-55-51-47-42-28-24-20-16-12-8-4)67-87-74(79)61-57-53-49-45-41-27-23-19-15-11-7-3/h9-10,13-14,19,21-23,25-26,31-33,35-37,39,43-44,48,50,54,56,60,71-73,78H,5-8,11-12,15-18,20,24,27-30,34,38,40-42,45-47,49,51-53,55,57-59,61-70H2,1-4H3,(H,83,84)(H,85,86)/b13-9-,14-10-,23-19-,25-21-,26-22-,33-31-,36-35-,37-32-,43-39-,48-44-,54-50-,60-56-. The van der Waals surface area contributed by atoms with Crippen LogP contribution < -0.4 is 0 Å². The van der Waals surface area contributed by atoms with Gasteiger partial charge in [0, 0.05) is 19.3 Å². The lowest BCUT2D eigenvalue weighted by molar-refractivity contribution is -0.161. The summed E-state index contributed by atoms with van der Waals surface area (Å²) < 4.78 is 68.0. The first-order valence-corrected chi connectivity index (χ1v) is 39.1. The van der Waals surface area contributed by atoms with Crippen molar-refractivity contribution in [1.29, 1.82) is 0 Å². The number of phosphoric ester groups is 2. The largest absolute Gasteiger partial charge is 0.472 e. The molecule has 546 valence electrons. The molecule has 0 rings (SSSR count). The molecule has 0 bridgehead atoms. The van der Waals surface area contributed by atoms with E-state index in [1.54, 1.807) is 12.2 Å². The Morgan fingerprint density at radius 3 is 1.02 bits per heavy atom. The molecular formula is C77H126O17P2. The first kappa shape index (κ1) is 90.9. The Bertz CT molecular complexity index is 2400. The summed E-state index contributed by atoms with van der Waals surface area (Å²) in [5.74, 6) is -2.44.